The van der Waals surface area contributed by atoms with Crippen LogP contribution in [0.2, 0.25) is 0 Å². The van der Waals surface area contributed by atoms with E-state index in [1.807, 2.05) is 32.0 Å². The van der Waals surface area contributed by atoms with E-state index in [0.717, 1.165) is 22.4 Å². The first-order valence-corrected chi connectivity index (χ1v) is 11.4. The average molecular weight is 433 g/mol. The summed E-state index contributed by atoms with van der Waals surface area (Å²) in [6, 6.07) is 12.7. The molecule has 0 atom stereocenters. The van der Waals surface area contributed by atoms with Gasteiger partial charge in [0.2, 0.25) is 10.0 Å². The lowest BCUT2D eigenvalue weighted by Gasteiger charge is -2.26. The summed E-state index contributed by atoms with van der Waals surface area (Å²) in [5, 5.41) is 2.83. The number of hydrogen-bond donors (Lipinski definition) is 1. The normalized spacial score (nSPS) is 15.0. The highest BCUT2D eigenvalue weighted by molar-refractivity contribution is 7.89. The van der Waals surface area contributed by atoms with E-state index in [4.69, 9.17) is 9.47 Å². The molecule has 2 aromatic rings. The Morgan fingerprint density at radius 2 is 1.70 bits per heavy atom. The Balaban J connectivity index is 1.46. The van der Waals surface area contributed by atoms with E-state index in [-0.39, 0.29) is 17.4 Å². The Bertz CT molecular complexity index is 947. The highest BCUT2D eigenvalue weighted by Gasteiger charge is 2.26. The minimum atomic E-state index is -3.49. The van der Waals surface area contributed by atoms with Crippen molar-refractivity contribution >= 4 is 15.9 Å². The van der Waals surface area contributed by atoms with Crippen molar-refractivity contribution in [3.63, 3.8) is 0 Å². The smallest absolute Gasteiger partial charge is 0.257 e. The molecule has 7 nitrogen and oxygen atoms in total. The van der Waals surface area contributed by atoms with Gasteiger partial charge in [0.1, 0.15) is 5.75 Å². The number of morpholine rings is 1. The minimum Gasteiger partial charge on any atom is -0.483 e. The van der Waals surface area contributed by atoms with Gasteiger partial charge in [0.05, 0.1) is 18.1 Å². The Morgan fingerprint density at radius 3 is 2.33 bits per heavy atom. The van der Waals surface area contributed by atoms with Crippen molar-refractivity contribution in [3.05, 3.63) is 59.2 Å². The van der Waals surface area contributed by atoms with Crippen LogP contribution in [0.5, 0.6) is 5.75 Å². The third kappa shape index (κ3) is 5.59. The first-order valence-electron chi connectivity index (χ1n) is 10.0. The van der Waals surface area contributed by atoms with Gasteiger partial charge in [0, 0.05) is 19.6 Å². The lowest BCUT2D eigenvalue weighted by Crippen LogP contribution is -2.40. The molecular formula is C22H28N2O5S. The minimum absolute atomic E-state index is 0.0393. The van der Waals surface area contributed by atoms with Crippen molar-refractivity contribution in [3.8, 4) is 5.75 Å². The van der Waals surface area contributed by atoms with Gasteiger partial charge >= 0.3 is 0 Å². The average Bonchev–Trinajstić information content (AvgIpc) is 2.74. The van der Waals surface area contributed by atoms with Crippen LogP contribution in [0.3, 0.4) is 0 Å². The van der Waals surface area contributed by atoms with Gasteiger partial charge < -0.3 is 14.8 Å². The van der Waals surface area contributed by atoms with Crippen molar-refractivity contribution in [1.29, 1.82) is 0 Å². The Labute approximate surface area is 178 Å². The predicted octanol–water partition coefficient (Wildman–Crippen LogP) is 2.06. The molecule has 1 aliphatic rings. The molecule has 0 aliphatic carbocycles. The number of carbonyl (C=O) groups excluding carboxylic acids is 1. The number of hydrogen-bond acceptors (Lipinski definition) is 5. The highest BCUT2D eigenvalue weighted by Crippen LogP contribution is 2.22. The molecule has 162 valence electrons. The molecule has 0 spiro atoms. The summed E-state index contributed by atoms with van der Waals surface area (Å²) in [5.74, 6) is 0.550. The van der Waals surface area contributed by atoms with E-state index in [1.54, 1.807) is 24.3 Å². The number of para-hydroxylation sites is 1. The molecule has 2 aromatic carbocycles. The maximum atomic E-state index is 12.6. The van der Waals surface area contributed by atoms with Gasteiger partial charge in [-0.3, -0.25) is 4.79 Å². The van der Waals surface area contributed by atoms with E-state index in [1.165, 1.54) is 4.31 Å². The van der Waals surface area contributed by atoms with Gasteiger partial charge in [0.25, 0.3) is 5.91 Å². The summed E-state index contributed by atoms with van der Waals surface area (Å²) in [4.78, 5) is 12.3. The molecule has 1 heterocycles. The summed E-state index contributed by atoms with van der Waals surface area (Å²) in [6.45, 7) is 5.90. The molecule has 1 N–H and O–H groups in total. The fraction of sp³-hybridized carbons (Fsp3) is 0.409. The number of amides is 1. The van der Waals surface area contributed by atoms with E-state index >= 15 is 0 Å². The Kier molecular flexibility index (Phi) is 7.47. The first kappa shape index (κ1) is 22.3. The molecule has 3 rings (SSSR count). The molecule has 1 saturated heterocycles. The molecule has 1 fully saturated rings. The Morgan fingerprint density at radius 1 is 1.07 bits per heavy atom. The van der Waals surface area contributed by atoms with E-state index in [0.29, 0.717) is 39.3 Å². The number of aryl methyl sites for hydroxylation is 2. The molecule has 0 saturated carbocycles. The van der Waals surface area contributed by atoms with Gasteiger partial charge in [-0.15, -0.1) is 0 Å². The number of nitrogens with zero attached hydrogens (tertiary/aromatic N) is 1. The van der Waals surface area contributed by atoms with Crippen molar-refractivity contribution in [1.82, 2.24) is 9.62 Å². The summed E-state index contributed by atoms with van der Waals surface area (Å²) < 4.78 is 37.6. The monoisotopic (exact) mass is 432 g/mol. The fourth-order valence-electron chi connectivity index (χ4n) is 3.33. The maximum Gasteiger partial charge on any atom is 0.257 e. The van der Waals surface area contributed by atoms with E-state index < -0.39 is 10.0 Å². The third-order valence-corrected chi connectivity index (χ3v) is 6.94. The highest BCUT2D eigenvalue weighted by atomic mass is 32.2. The number of ether oxygens (including phenoxy) is 2. The standard InChI is InChI=1S/C22H28N2O5S/c1-17-4-3-5-18(2)22(17)29-16-21(25)23-11-10-19-6-8-20(9-7-19)30(26,27)24-12-14-28-15-13-24/h3-9H,10-16H2,1-2H3,(H,23,25). The predicted molar refractivity (Wildman–Crippen MR) is 114 cm³/mol. The second-order valence-corrected chi connectivity index (χ2v) is 9.21. The summed E-state index contributed by atoms with van der Waals surface area (Å²) in [6.07, 6.45) is 0.604. The summed E-state index contributed by atoms with van der Waals surface area (Å²) in [5.41, 5.74) is 2.94. The van der Waals surface area contributed by atoms with Crippen LogP contribution < -0.4 is 10.1 Å². The van der Waals surface area contributed by atoms with Crippen LogP contribution in [0.15, 0.2) is 47.4 Å². The molecule has 30 heavy (non-hydrogen) atoms. The number of benzene rings is 2. The van der Waals surface area contributed by atoms with Gasteiger partial charge in [-0.25, -0.2) is 8.42 Å². The van der Waals surface area contributed by atoms with Gasteiger partial charge in [-0.1, -0.05) is 30.3 Å². The largest absolute Gasteiger partial charge is 0.483 e. The number of carbonyl (C=O) groups is 1. The molecule has 0 bridgehead atoms. The van der Waals surface area contributed by atoms with Crippen LogP contribution in [0.4, 0.5) is 0 Å². The zero-order chi connectivity index (χ0) is 21.6. The van der Waals surface area contributed by atoms with Crippen molar-refractivity contribution in [2.75, 3.05) is 39.5 Å². The molecular weight excluding hydrogens is 404 g/mol. The summed E-state index contributed by atoms with van der Waals surface area (Å²) in [7, 11) is -3.49. The van der Waals surface area contributed by atoms with Crippen LogP contribution in [0, 0.1) is 13.8 Å². The van der Waals surface area contributed by atoms with E-state index in [2.05, 4.69) is 5.32 Å². The van der Waals surface area contributed by atoms with Crippen molar-refractivity contribution in [2.45, 2.75) is 25.2 Å². The number of rotatable bonds is 8. The van der Waals surface area contributed by atoms with Crippen LogP contribution >= 0.6 is 0 Å². The fourth-order valence-corrected chi connectivity index (χ4v) is 4.73. The van der Waals surface area contributed by atoms with Gasteiger partial charge in [-0.05, 0) is 49.1 Å². The topological polar surface area (TPSA) is 84.9 Å². The zero-order valence-electron chi connectivity index (χ0n) is 17.4. The lowest BCUT2D eigenvalue weighted by molar-refractivity contribution is -0.123. The maximum absolute atomic E-state index is 12.6. The second kappa shape index (κ2) is 10.1. The van der Waals surface area contributed by atoms with Gasteiger partial charge in [0.15, 0.2) is 6.61 Å². The van der Waals surface area contributed by atoms with Gasteiger partial charge in [-0.2, -0.15) is 4.31 Å². The SMILES string of the molecule is Cc1cccc(C)c1OCC(=O)NCCc1ccc(S(=O)(=O)N2CCOCC2)cc1. The van der Waals surface area contributed by atoms with Crippen LogP contribution in [0.25, 0.3) is 0 Å². The molecule has 0 unspecified atom stereocenters. The van der Waals surface area contributed by atoms with Crippen LogP contribution in [-0.2, 0) is 26.0 Å². The van der Waals surface area contributed by atoms with Crippen LogP contribution in [-0.4, -0.2) is 58.1 Å². The molecule has 0 aromatic heterocycles. The van der Waals surface area contributed by atoms with Crippen LogP contribution in [0.1, 0.15) is 16.7 Å². The Hall–Kier alpha value is -2.42. The van der Waals surface area contributed by atoms with Crippen molar-refractivity contribution < 1.29 is 22.7 Å². The first-order chi connectivity index (χ1) is 14.4. The van der Waals surface area contributed by atoms with E-state index in [9.17, 15) is 13.2 Å². The number of sulfonamides is 1. The third-order valence-electron chi connectivity index (χ3n) is 5.02. The second-order valence-electron chi connectivity index (χ2n) is 7.27. The zero-order valence-corrected chi connectivity index (χ0v) is 18.2. The molecule has 1 aliphatic heterocycles. The number of nitrogens with one attached hydrogen (secondary N) is 1. The lowest BCUT2D eigenvalue weighted by atomic mass is 10.1. The quantitative estimate of drug-likeness (QED) is 0.690. The van der Waals surface area contributed by atoms with Crippen molar-refractivity contribution in [2.24, 2.45) is 0 Å². The molecule has 0 radical (unpaired) electrons. The summed E-state index contributed by atoms with van der Waals surface area (Å²) >= 11 is 0. The molecule has 8 heteroatoms. The molecule has 1 amide bonds.